The zero-order chi connectivity index (χ0) is 9.26. The summed E-state index contributed by atoms with van der Waals surface area (Å²) in [5.74, 6) is 0. The molecule has 0 atom stereocenters. The average molecular weight is 168 g/mol. The van der Waals surface area contributed by atoms with Gasteiger partial charge in [-0.3, -0.25) is 0 Å². The fraction of sp³-hybridized carbons (Fsp3) is 0.750. The van der Waals surface area contributed by atoms with E-state index >= 15 is 0 Å². The molecule has 0 unspecified atom stereocenters. The lowest BCUT2D eigenvalue weighted by Crippen LogP contribution is -2.28. The number of nitrogens with two attached hydrogens (primary N) is 1. The highest BCUT2D eigenvalue weighted by Gasteiger charge is 2.19. The zero-order valence-electron chi connectivity index (χ0n) is 7.98. The van der Waals surface area contributed by atoms with E-state index in [4.69, 9.17) is 7.10 Å². The van der Waals surface area contributed by atoms with Gasteiger partial charge in [-0.2, -0.15) is 0 Å². The second-order valence-corrected chi connectivity index (χ2v) is 3.40. The first-order valence-corrected chi connectivity index (χ1v) is 4.40. The first-order valence-electron chi connectivity index (χ1n) is 4.90. The van der Waals surface area contributed by atoms with Gasteiger partial charge in [0.1, 0.15) is 0 Å². The van der Waals surface area contributed by atoms with E-state index in [2.05, 4.69) is 10.3 Å². The molecule has 0 radical (unpaired) electrons. The van der Waals surface area contributed by atoms with E-state index in [-0.39, 0.29) is 6.17 Å². The Balaban J connectivity index is 2.02. The summed E-state index contributed by atoms with van der Waals surface area (Å²) in [4.78, 5) is 0. The van der Waals surface area contributed by atoms with Crippen molar-refractivity contribution in [1.29, 1.82) is 0 Å². The summed E-state index contributed by atoms with van der Waals surface area (Å²) in [6.07, 6.45) is 6.15. The smallest absolute Gasteiger partial charge is 0.0877 e. The molecule has 1 aliphatic carbocycles. The lowest BCUT2D eigenvalue weighted by Gasteiger charge is -2.25. The van der Waals surface area contributed by atoms with Crippen molar-refractivity contribution in [2.24, 2.45) is 5.73 Å². The van der Waals surface area contributed by atoms with Gasteiger partial charge < -0.3 is 5.73 Å². The molecule has 1 heterocycles. The quantitative estimate of drug-likeness (QED) is 0.672. The lowest BCUT2D eigenvalue weighted by molar-refractivity contribution is 0.300. The number of hydrogen-bond donors (Lipinski definition) is 1. The highest BCUT2D eigenvalue weighted by molar-refractivity contribution is 4.79. The van der Waals surface area contributed by atoms with Gasteiger partial charge in [-0.15, -0.1) is 5.10 Å². The molecular weight excluding hydrogens is 152 g/mol. The molecule has 0 aromatic carbocycles. The minimum Gasteiger partial charge on any atom is -0.328 e. The van der Waals surface area contributed by atoms with Crippen molar-refractivity contribution in [3.8, 4) is 0 Å². The van der Waals surface area contributed by atoms with Gasteiger partial charge >= 0.3 is 0 Å². The summed E-state index contributed by atoms with van der Waals surface area (Å²) >= 11 is 0. The second kappa shape index (κ2) is 3.23. The van der Waals surface area contributed by atoms with Gasteiger partial charge in [0.05, 0.1) is 13.6 Å². The molecule has 0 bridgehead atoms. The van der Waals surface area contributed by atoms with Crippen molar-refractivity contribution in [2.45, 2.75) is 37.8 Å². The van der Waals surface area contributed by atoms with E-state index in [1.165, 1.54) is 0 Å². The SMILES string of the molecule is [3H]c1cn(C2CCC(N)CC2)nn1. The van der Waals surface area contributed by atoms with Gasteiger partial charge in [0.2, 0.25) is 0 Å². The molecular formula is C8H14N4. The van der Waals surface area contributed by atoms with Crippen LogP contribution in [0, 0.1) is 0 Å². The standard InChI is InChI=1S/C8H14N4/c9-7-1-3-8(4-2-7)12-6-5-10-11-12/h5-8H,1-4,9H2/i5T. The molecule has 1 aliphatic rings. The van der Waals surface area contributed by atoms with Crippen molar-refractivity contribution in [1.82, 2.24) is 15.0 Å². The molecule has 0 spiro atoms. The van der Waals surface area contributed by atoms with Crippen LogP contribution in [0.3, 0.4) is 0 Å². The van der Waals surface area contributed by atoms with Crippen LogP contribution in [0.1, 0.15) is 33.1 Å². The monoisotopic (exact) mass is 168 g/mol. The predicted octanol–water partition coefficient (Wildman–Crippen LogP) is 0.721. The second-order valence-electron chi connectivity index (χ2n) is 3.40. The molecule has 66 valence electrons. The molecule has 1 saturated carbocycles. The van der Waals surface area contributed by atoms with Crippen LogP contribution in [0.15, 0.2) is 12.4 Å². The van der Waals surface area contributed by atoms with Gasteiger partial charge in [0.25, 0.3) is 0 Å². The Bertz CT molecular complexity index is 277. The van der Waals surface area contributed by atoms with Crippen LogP contribution < -0.4 is 5.73 Å². The molecule has 4 heteroatoms. The van der Waals surface area contributed by atoms with Gasteiger partial charge in [-0.1, -0.05) is 5.21 Å². The summed E-state index contributed by atoms with van der Waals surface area (Å²) < 4.78 is 9.05. The molecule has 4 nitrogen and oxygen atoms in total. The van der Waals surface area contributed by atoms with E-state index in [9.17, 15) is 0 Å². The van der Waals surface area contributed by atoms with Crippen LogP contribution in [-0.2, 0) is 0 Å². The third-order valence-corrected chi connectivity index (χ3v) is 2.51. The molecule has 1 aromatic heterocycles. The third-order valence-electron chi connectivity index (χ3n) is 2.51. The topological polar surface area (TPSA) is 56.7 Å². The first kappa shape index (κ1) is 6.60. The summed E-state index contributed by atoms with van der Waals surface area (Å²) in [6.45, 7) is 0. The predicted molar refractivity (Wildman–Crippen MR) is 45.5 cm³/mol. The Morgan fingerprint density at radius 1 is 1.42 bits per heavy atom. The first-order chi connectivity index (χ1) is 6.25. The van der Waals surface area contributed by atoms with Crippen molar-refractivity contribution < 1.29 is 1.37 Å². The van der Waals surface area contributed by atoms with Gasteiger partial charge in [0.15, 0.2) is 0 Å². The highest BCUT2D eigenvalue weighted by atomic mass is 15.4. The number of hydrogen-bond acceptors (Lipinski definition) is 3. The Labute approximate surface area is 73.2 Å². The minimum atomic E-state index is 0.245. The maximum Gasteiger partial charge on any atom is 0.0877 e. The summed E-state index contributed by atoms with van der Waals surface area (Å²) in [5.41, 5.74) is 5.80. The largest absolute Gasteiger partial charge is 0.328 e. The normalized spacial score (nSPS) is 31.6. The van der Waals surface area contributed by atoms with Crippen molar-refractivity contribution in [2.75, 3.05) is 0 Å². The Hall–Kier alpha value is -0.900. The van der Waals surface area contributed by atoms with Crippen LogP contribution in [0.25, 0.3) is 0 Å². The van der Waals surface area contributed by atoms with Crippen LogP contribution in [0.2, 0.25) is 0 Å². The maximum atomic E-state index is 7.25. The summed E-state index contributed by atoms with van der Waals surface area (Å²) in [6, 6.07) is 0.765. The van der Waals surface area contributed by atoms with Crippen LogP contribution >= 0.6 is 0 Å². The van der Waals surface area contributed by atoms with E-state index in [0.717, 1.165) is 25.7 Å². The van der Waals surface area contributed by atoms with E-state index in [1.54, 1.807) is 10.9 Å². The fourth-order valence-electron chi connectivity index (χ4n) is 1.73. The summed E-state index contributed by atoms with van der Waals surface area (Å²) in [5, 5.41) is 7.56. The number of rotatable bonds is 1. The zero-order valence-corrected chi connectivity index (χ0v) is 6.98. The molecule has 1 fully saturated rings. The Kier molecular flexibility index (Phi) is 1.77. The van der Waals surface area contributed by atoms with Crippen LogP contribution in [-0.4, -0.2) is 21.0 Å². The van der Waals surface area contributed by atoms with E-state index in [0.29, 0.717) is 12.1 Å². The maximum absolute atomic E-state index is 7.25. The molecule has 0 saturated heterocycles. The average Bonchev–Trinajstić information content (AvgIpc) is 2.53. The molecule has 2 rings (SSSR count). The number of aromatic nitrogens is 3. The molecule has 2 N–H and O–H groups in total. The Morgan fingerprint density at radius 2 is 2.17 bits per heavy atom. The van der Waals surface area contributed by atoms with Gasteiger partial charge in [-0.05, 0) is 25.7 Å². The van der Waals surface area contributed by atoms with E-state index in [1.807, 2.05) is 0 Å². The molecule has 1 aromatic rings. The highest BCUT2D eigenvalue weighted by Crippen LogP contribution is 2.26. The van der Waals surface area contributed by atoms with Crippen molar-refractivity contribution in [3.63, 3.8) is 0 Å². The van der Waals surface area contributed by atoms with Crippen molar-refractivity contribution >= 4 is 0 Å². The van der Waals surface area contributed by atoms with Crippen LogP contribution in [0.5, 0.6) is 0 Å². The van der Waals surface area contributed by atoms with Gasteiger partial charge in [0, 0.05) is 12.2 Å². The summed E-state index contributed by atoms with van der Waals surface area (Å²) in [7, 11) is 0. The number of nitrogens with zero attached hydrogens (tertiary/aromatic N) is 3. The minimum absolute atomic E-state index is 0.245. The molecule has 0 amide bonds. The molecule has 12 heavy (non-hydrogen) atoms. The van der Waals surface area contributed by atoms with Crippen LogP contribution in [0.4, 0.5) is 0 Å². The third kappa shape index (κ3) is 1.48. The molecule has 0 aliphatic heterocycles. The lowest BCUT2D eigenvalue weighted by atomic mass is 9.92. The van der Waals surface area contributed by atoms with Crippen molar-refractivity contribution in [3.05, 3.63) is 12.4 Å². The van der Waals surface area contributed by atoms with E-state index < -0.39 is 0 Å². The Morgan fingerprint density at radius 3 is 2.75 bits per heavy atom. The van der Waals surface area contributed by atoms with Gasteiger partial charge in [-0.25, -0.2) is 4.68 Å². The fourth-order valence-corrected chi connectivity index (χ4v) is 1.73.